The molecule has 2 unspecified atom stereocenters. The molecule has 0 radical (unpaired) electrons. The molecule has 2 atom stereocenters. The topological polar surface area (TPSA) is 51.5 Å². The molecule has 5 rings (SSSR count). The van der Waals surface area contributed by atoms with E-state index in [1.807, 2.05) is 66.7 Å². The van der Waals surface area contributed by atoms with Gasteiger partial charge in [-0.1, -0.05) is 60.7 Å². The van der Waals surface area contributed by atoms with Crippen LogP contribution in [0.5, 0.6) is 5.75 Å². The Bertz CT molecular complexity index is 1210. The molecule has 4 nitrogen and oxygen atoms in total. The van der Waals surface area contributed by atoms with Crippen LogP contribution in [-0.2, 0) is 0 Å². The van der Waals surface area contributed by atoms with Crippen molar-refractivity contribution in [3.05, 3.63) is 101 Å². The number of hydrogen-bond acceptors (Lipinski definition) is 4. The average Bonchev–Trinajstić information content (AvgIpc) is 2.85. The molecule has 4 heteroatoms. The first-order chi connectivity index (χ1) is 15.3. The smallest absolute Gasteiger partial charge is 0.200 e. The average molecular weight is 412 g/mol. The van der Waals surface area contributed by atoms with E-state index in [2.05, 4.69) is 17.4 Å². The Morgan fingerprint density at radius 3 is 2.48 bits per heavy atom. The van der Waals surface area contributed by atoms with E-state index in [9.17, 15) is 4.79 Å². The highest BCUT2D eigenvalue weighted by molar-refractivity contribution is 5.82. The van der Waals surface area contributed by atoms with Crippen molar-refractivity contribution in [3.8, 4) is 16.9 Å². The van der Waals surface area contributed by atoms with Crippen molar-refractivity contribution in [2.75, 3.05) is 13.1 Å². The fourth-order valence-corrected chi connectivity index (χ4v) is 4.36. The van der Waals surface area contributed by atoms with E-state index >= 15 is 0 Å². The first-order valence-corrected chi connectivity index (χ1v) is 10.8. The number of fused-ring (bicyclic) bond motifs is 1. The van der Waals surface area contributed by atoms with Crippen molar-refractivity contribution < 1.29 is 9.15 Å². The normalized spacial score (nSPS) is 17.4. The van der Waals surface area contributed by atoms with Gasteiger partial charge in [0.25, 0.3) is 0 Å². The molecule has 0 spiro atoms. The molecule has 3 aromatic carbocycles. The van der Waals surface area contributed by atoms with Crippen LogP contribution < -0.4 is 15.5 Å². The minimum atomic E-state index is -0.0733. The first-order valence-electron chi connectivity index (χ1n) is 10.8. The van der Waals surface area contributed by atoms with Gasteiger partial charge in [0.1, 0.15) is 23.7 Å². The van der Waals surface area contributed by atoms with Crippen LogP contribution in [0.15, 0.2) is 94.3 Å². The van der Waals surface area contributed by atoms with Gasteiger partial charge in [-0.05, 0) is 48.7 Å². The fraction of sp³-hybridized carbons (Fsp3) is 0.222. The number of piperidine rings is 1. The van der Waals surface area contributed by atoms with Gasteiger partial charge in [0, 0.05) is 12.5 Å². The van der Waals surface area contributed by atoms with E-state index in [-0.39, 0.29) is 11.5 Å². The highest BCUT2D eigenvalue weighted by atomic mass is 16.5. The van der Waals surface area contributed by atoms with Gasteiger partial charge in [-0.15, -0.1) is 0 Å². The molecule has 0 saturated carbocycles. The molecule has 156 valence electrons. The molecule has 2 heterocycles. The summed E-state index contributed by atoms with van der Waals surface area (Å²) in [5, 5.41) is 4.02. The van der Waals surface area contributed by atoms with Gasteiger partial charge in [-0.25, -0.2) is 0 Å². The Morgan fingerprint density at radius 1 is 0.968 bits per heavy atom. The van der Waals surface area contributed by atoms with Crippen LogP contribution in [0.3, 0.4) is 0 Å². The Kier molecular flexibility index (Phi) is 5.55. The molecule has 1 saturated heterocycles. The summed E-state index contributed by atoms with van der Waals surface area (Å²) in [6.07, 6.45) is 3.72. The van der Waals surface area contributed by atoms with Gasteiger partial charge in [0.05, 0.1) is 10.9 Å². The second kappa shape index (κ2) is 8.78. The van der Waals surface area contributed by atoms with Crippen molar-refractivity contribution in [3.63, 3.8) is 0 Å². The molecule has 1 aromatic heterocycles. The van der Waals surface area contributed by atoms with E-state index in [1.54, 1.807) is 6.26 Å². The van der Waals surface area contributed by atoms with Crippen LogP contribution in [0.4, 0.5) is 0 Å². The lowest BCUT2D eigenvalue weighted by molar-refractivity contribution is 0.116. The summed E-state index contributed by atoms with van der Waals surface area (Å²) in [5.41, 5.74) is 3.07. The second-order valence-electron chi connectivity index (χ2n) is 8.06. The highest BCUT2D eigenvalue weighted by Gasteiger charge is 2.27. The van der Waals surface area contributed by atoms with Crippen LogP contribution in [-0.4, -0.2) is 13.1 Å². The third kappa shape index (κ3) is 4.12. The molecule has 1 aliphatic heterocycles. The molecule has 31 heavy (non-hydrogen) atoms. The summed E-state index contributed by atoms with van der Waals surface area (Å²) < 4.78 is 12.3. The van der Waals surface area contributed by atoms with Crippen LogP contribution in [0.2, 0.25) is 0 Å². The lowest BCUT2D eigenvalue weighted by atomic mass is 9.89. The summed E-state index contributed by atoms with van der Waals surface area (Å²) in [7, 11) is 0. The van der Waals surface area contributed by atoms with Crippen LogP contribution in [0, 0.1) is 5.92 Å². The third-order valence-electron chi connectivity index (χ3n) is 5.98. The van der Waals surface area contributed by atoms with Gasteiger partial charge in [-0.3, -0.25) is 4.79 Å². The third-order valence-corrected chi connectivity index (χ3v) is 5.98. The zero-order valence-corrected chi connectivity index (χ0v) is 17.3. The number of rotatable bonds is 5. The predicted molar refractivity (Wildman–Crippen MR) is 123 cm³/mol. The molecule has 0 aliphatic carbocycles. The molecule has 0 amide bonds. The maximum atomic E-state index is 13.2. The Labute approximate surface area is 181 Å². The zero-order valence-electron chi connectivity index (χ0n) is 17.3. The largest absolute Gasteiger partial charge is 0.485 e. The summed E-state index contributed by atoms with van der Waals surface area (Å²) >= 11 is 0. The van der Waals surface area contributed by atoms with E-state index in [0.29, 0.717) is 28.2 Å². The zero-order chi connectivity index (χ0) is 21.0. The molecule has 0 bridgehead atoms. The number of nitrogens with one attached hydrogen (secondary N) is 1. The lowest BCUT2D eigenvalue weighted by Gasteiger charge is -2.31. The van der Waals surface area contributed by atoms with Crippen LogP contribution in [0.1, 0.15) is 24.5 Å². The maximum absolute atomic E-state index is 13.2. The Balaban J connectivity index is 1.52. The number of ether oxygens (including phenoxy) is 1. The molecule has 4 aromatic rings. The molecular weight excluding hydrogens is 386 g/mol. The van der Waals surface area contributed by atoms with Crippen molar-refractivity contribution >= 4 is 11.0 Å². The molecule has 1 N–H and O–H groups in total. The van der Waals surface area contributed by atoms with Crippen molar-refractivity contribution in [1.82, 2.24) is 5.32 Å². The highest BCUT2D eigenvalue weighted by Crippen LogP contribution is 2.33. The molecule has 1 fully saturated rings. The fourth-order valence-electron chi connectivity index (χ4n) is 4.36. The Morgan fingerprint density at radius 2 is 1.74 bits per heavy atom. The lowest BCUT2D eigenvalue weighted by Crippen LogP contribution is -2.35. The first kappa shape index (κ1) is 19.6. The maximum Gasteiger partial charge on any atom is 0.200 e. The quantitative estimate of drug-likeness (QED) is 0.466. The second-order valence-corrected chi connectivity index (χ2v) is 8.06. The van der Waals surface area contributed by atoms with Crippen LogP contribution >= 0.6 is 0 Å². The molecule has 1 aliphatic rings. The van der Waals surface area contributed by atoms with Crippen molar-refractivity contribution in [1.29, 1.82) is 0 Å². The predicted octanol–water partition coefficient (Wildman–Crippen LogP) is 5.58. The summed E-state index contributed by atoms with van der Waals surface area (Å²) in [5.74, 6) is 1.06. The van der Waals surface area contributed by atoms with Crippen LogP contribution in [0.25, 0.3) is 22.1 Å². The van der Waals surface area contributed by atoms with Crippen molar-refractivity contribution in [2.45, 2.75) is 18.9 Å². The minimum Gasteiger partial charge on any atom is -0.485 e. The monoisotopic (exact) mass is 411 g/mol. The van der Waals surface area contributed by atoms with Gasteiger partial charge in [0.2, 0.25) is 5.43 Å². The minimum absolute atomic E-state index is 0.0477. The van der Waals surface area contributed by atoms with E-state index in [4.69, 9.17) is 9.15 Å². The number of benzene rings is 3. The van der Waals surface area contributed by atoms with E-state index < -0.39 is 0 Å². The van der Waals surface area contributed by atoms with Gasteiger partial charge < -0.3 is 14.5 Å². The van der Waals surface area contributed by atoms with Crippen molar-refractivity contribution in [2.24, 2.45) is 5.92 Å². The Hall–Kier alpha value is -3.37. The number of hydrogen-bond donors (Lipinski definition) is 1. The van der Waals surface area contributed by atoms with E-state index in [1.165, 1.54) is 0 Å². The van der Waals surface area contributed by atoms with Gasteiger partial charge in [-0.2, -0.15) is 0 Å². The van der Waals surface area contributed by atoms with E-state index in [0.717, 1.165) is 37.1 Å². The van der Waals surface area contributed by atoms with Gasteiger partial charge >= 0.3 is 0 Å². The SMILES string of the molecule is O=c1c(-c2ccccc2)coc2ccc(OC(c3ccccc3)C3CCCNC3)cc12. The van der Waals surface area contributed by atoms with Gasteiger partial charge in [0.15, 0.2) is 0 Å². The molecular formula is C27H25NO3. The summed E-state index contributed by atoms with van der Waals surface area (Å²) in [6, 6.07) is 25.5. The standard InChI is InChI=1S/C27H25NO3/c29-26-23-16-22(13-14-25(23)30-18-24(26)19-8-3-1-4-9-19)31-27(20-10-5-2-6-11-20)21-12-7-15-28-17-21/h1-6,8-11,13-14,16,18,21,27-28H,7,12,15,17H2. The summed E-state index contributed by atoms with van der Waals surface area (Å²) in [6.45, 7) is 1.98. The summed E-state index contributed by atoms with van der Waals surface area (Å²) in [4.78, 5) is 13.2.